The van der Waals surface area contributed by atoms with Gasteiger partial charge >= 0.3 is 0 Å². The Balaban J connectivity index is 2.12. The molecule has 0 aliphatic heterocycles. The SMILES string of the molecule is COc1ccc(S(=O)(=O)N(C)C)cc1CCC(=O)Nc1ccc(I)cc1. The molecular weight excluding hydrogens is 467 g/mol. The lowest BCUT2D eigenvalue weighted by molar-refractivity contribution is -0.116. The number of hydrogen-bond acceptors (Lipinski definition) is 4. The molecule has 0 fully saturated rings. The summed E-state index contributed by atoms with van der Waals surface area (Å²) in [5.74, 6) is 0.416. The van der Waals surface area contributed by atoms with Gasteiger partial charge in [0.15, 0.2) is 0 Å². The summed E-state index contributed by atoms with van der Waals surface area (Å²) in [5.41, 5.74) is 1.40. The Morgan fingerprint density at radius 2 is 1.81 bits per heavy atom. The van der Waals surface area contributed by atoms with Gasteiger partial charge in [0.05, 0.1) is 12.0 Å². The molecule has 0 bridgehead atoms. The quantitative estimate of drug-likeness (QED) is 0.608. The molecule has 140 valence electrons. The lowest BCUT2D eigenvalue weighted by Gasteiger charge is -2.14. The number of rotatable bonds is 7. The van der Waals surface area contributed by atoms with Gasteiger partial charge in [-0.15, -0.1) is 0 Å². The highest BCUT2D eigenvalue weighted by Gasteiger charge is 2.19. The monoisotopic (exact) mass is 488 g/mol. The van der Waals surface area contributed by atoms with Gasteiger partial charge in [-0.05, 0) is 77.0 Å². The third-order valence-corrected chi connectivity index (χ3v) is 6.31. The Morgan fingerprint density at radius 3 is 2.38 bits per heavy atom. The normalized spacial score (nSPS) is 11.4. The van der Waals surface area contributed by atoms with Crippen molar-refractivity contribution in [3.8, 4) is 5.75 Å². The van der Waals surface area contributed by atoms with E-state index in [1.807, 2.05) is 24.3 Å². The third kappa shape index (κ3) is 5.18. The number of amides is 1. The van der Waals surface area contributed by atoms with Gasteiger partial charge in [0, 0.05) is 29.8 Å². The van der Waals surface area contributed by atoms with Crippen LogP contribution in [0.4, 0.5) is 5.69 Å². The van der Waals surface area contributed by atoms with E-state index in [0.717, 1.165) is 13.6 Å². The van der Waals surface area contributed by atoms with Gasteiger partial charge in [-0.3, -0.25) is 4.79 Å². The molecule has 0 unspecified atom stereocenters. The summed E-state index contributed by atoms with van der Waals surface area (Å²) in [5, 5.41) is 2.83. The van der Waals surface area contributed by atoms with Crippen LogP contribution in [-0.4, -0.2) is 39.8 Å². The van der Waals surface area contributed by atoms with Crippen LogP contribution in [0.5, 0.6) is 5.75 Å². The summed E-state index contributed by atoms with van der Waals surface area (Å²) < 4.78 is 32.1. The molecule has 2 aromatic rings. The van der Waals surface area contributed by atoms with E-state index in [9.17, 15) is 13.2 Å². The molecule has 0 aliphatic carbocycles. The molecule has 0 aliphatic rings. The van der Waals surface area contributed by atoms with Crippen molar-refractivity contribution < 1.29 is 17.9 Å². The van der Waals surface area contributed by atoms with Gasteiger partial charge in [0.25, 0.3) is 0 Å². The van der Waals surface area contributed by atoms with Gasteiger partial charge in [0.1, 0.15) is 5.75 Å². The Bertz CT molecular complexity index is 881. The van der Waals surface area contributed by atoms with E-state index in [-0.39, 0.29) is 17.2 Å². The van der Waals surface area contributed by atoms with E-state index in [1.54, 1.807) is 12.1 Å². The van der Waals surface area contributed by atoms with Crippen LogP contribution in [0.3, 0.4) is 0 Å². The summed E-state index contributed by atoms with van der Waals surface area (Å²) in [6.07, 6.45) is 0.587. The van der Waals surface area contributed by atoms with E-state index in [1.165, 1.54) is 27.3 Å². The van der Waals surface area contributed by atoms with Crippen LogP contribution in [0, 0.1) is 3.57 Å². The largest absolute Gasteiger partial charge is 0.496 e. The van der Waals surface area contributed by atoms with Gasteiger partial charge < -0.3 is 10.1 Å². The Labute approximate surface area is 167 Å². The molecule has 0 saturated carbocycles. The fourth-order valence-corrected chi connectivity index (χ4v) is 3.64. The second-order valence-electron chi connectivity index (χ2n) is 5.82. The fraction of sp³-hybridized carbons (Fsp3) is 0.278. The average Bonchev–Trinajstić information content (AvgIpc) is 2.61. The summed E-state index contributed by atoms with van der Waals surface area (Å²) in [6.45, 7) is 0. The molecule has 0 saturated heterocycles. The molecule has 1 N–H and O–H groups in total. The van der Waals surface area contributed by atoms with Crippen molar-refractivity contribution in [1.29, 1.82) is 0 Å². The molecule has 6 nitrogen and oxygen atoms in total. The molecule has 26 heavy (non-hydrogen) atoms. The standard InChI is InChI=1S/C18H21IN2O4S/c1-21(2)26(23,24)16-9-10-17(25-3)13(12-16)4-11-18(22)20-15-7-5-14(19)6-8-15/h5-10,12H,4,11H2,1-3H3,(H,20,22). The number of ether oxygens (including phenoxy) is 1. The Morgan fingerprint density at radius 1 is 1.15 bits per heavy atom. The van der Waals surface area contributed by atoms with Crippen LogP contribution < -0.4 is 10.1 Å². The van der Waals surface area contributed by atoms with Crippen LogP contribution in [0.2, 0.25) is 0 Å². The number of nitrogens with one attached hydrogen (secondary N) is 1. The van der Waals surface area contributed by atoms with Crippen LogP contribution in [0.25, 0.3) is 0 Å². The van der Waals surface area contributed by atoms with E-state index in [0.29, 0.717) is 17.7 Å². The number of aryl methyl sites for hydroxylation is 1. The van der Waals surface area contributed by atoms with Gasteiger partial charge in [-0.2, -0.15) is 0 Å². The van der Waals surface area contributed by atoms with Crippen LogP contribution in [-0.2, 0) is 21.2 Å². The fourth-order valence-electron chi connectivity index (χ4n) is 2.33. The zero-order valence-corrected chi connectivity index (χ0v) is 17.8. The molecule has 8 heteroatoms. The van der Waals surface area contributed by atoms with Crippen LogP contribution in [0.15, 0.2) is 47.4 Å². The summed E-state index contributed by atoms with van der Waals surface area (Å²) in [4.78, 5) is 12.4. The number of sulfonamides is 1. The molecule has 0 aromatic heterocycles. The average molecular weight is 488 g/mol. The zero-order chi connectivity index (χ0) is 19.3. The van der Waals surface area contributed by atoms with Crippen molar-refractivity contribution in [3.05, 3.63) is 51.6 Å². The Hall–Kier alpha value is -1.65. The van der Waals surface area contributed by atoms with Crippen molar-refractivity contribution in [3.63, 3.8) is 0 Å². The van der Waals surface area contributed by atoms with E-state index >= 15 is 0 Å². The molecule has 0 spiro atoms. The van der Waals surface area contributed by atoms with E-state index < -0.39 is 10.0 Å². The highest BCUT2D eigenvalue weighted by Crippen LogP contribution is 2.25. The second kappa shape index (κ2) is 8.83. The van der Waals surface area contributed by atoms with Crippen LogP contribution in [0.1, 0.15) is 12.0 Å². The number of carbonyl (C=O) groups is 1. The summed E-state index contributed by atoms with van der Waals surface area (Å²) >= 11 is 2.20. The Kier molecular flexibility index (Phi) is 7.01. The molecule has 0 heterocycles. The summed E-state index contributed by atoms with van der Waals surface area (Å²) in [7, 11) is 0.939. The molecule has 1 amide bonds. The highest BCUT2D eigenvalue weighted by atomic mass is 127. The maximum absolute atomic E-state index is 12.3. The molecular formula is C18H21IN2O4S. The molecule has 2 rings (SSSR count). The molecule has 0 radical (unpaired) electrons. The third-order valence-electron chi connectivity index (χ3n) is 3.78. The minimum atomic E-state index is -3.54. The number of benzene rings is 2. The first kappa shape index (κ1) is 20.7. The number of halogens is 1. The number of anilines is 1. The van der Waals surface area contributed by atoms with Crippen molar-refractivity contribution in [2.75, 3.05) is 26.5 Å². The number of nitrogens with zero attached hydrogens (tertiary/aromatic N) is 1. The van der Waals surface area contributed by atoms with Crippen molar-refractivity contribution in [2.45, 2.75) is 17.7 Å². The first-order valence-electron chi connectivity index (χ1n) is 7.89. The first-order chi connectivity index (χ1) is 12.2. The predicted molar refractivity (Wildman–Crippen MR) is 110 cm³/mol. The topological polar surface area (TPSA) is 75.7 Å². The number of hydrogen-bond donors (Lipinski definition) is 1. The van der Waals surface area contributed by atoms with Gasteiger partial charge in [-0.1, -0.05) is 0 Å². The zero-order valence-electron chi connectivity index (χ0n) is 14.8. The number of carbonyl (C=O) groups excluding carboxylic acids is 1. The lowest BCUT2D eigenvalue weighted by Crippen LogP contribution is -2.22. The van der Waals surface area contributed by atoms with Crippen molar-refractivity contribution in [1.82, 2.24) is 4.31 Å². The van der Waals surface area contributed by atoms with Crippen molar-refractivity contribution in [2.24, 2.45) is 0 Å². The highest BCUT2D eigenvalue weighted by molar-refractivity contribution is 14.1. The minimum Gasteiger partial charge on any atom is -0.496 e. The first-order valence-corrected chi connectivity index (χ1v) is 10.4. The van der Waals surface area contributed by atoms with E-state index in [2.05, 4.69) is 27.9 Å². The van der Waals surface area contributed by atoms with Gasteiger partial charge in [-0.25, -0.2) is 12.7 Å². The smallest absolute Gasteiger partial charge is 0.242 e. The molecule has 0 atom stereocenters. The predicted octanol–water partition coefficient (Wildman–Crippen LogP) is 3.12. The maximum atomic E-state index is 12.3. The van der Waals surface area contributed by atoms with Crippen LogP contribution >= 0.6 is 22.6 Å². The lowest BCUT2D eigenvalue weighted by atomic mass is 10.1. The van der Waals surface area contributed by atoms with Crippen molar-refractivity contribution >= 4 is 44.2 Å². The maximum Gasteiger partial charge on any atom is 0.242 e. The minimum absolute atomic E-state index is 0.144. The number of methoxy groups -OCH3 is 1. The second-order valence-corrected chi connectivity index (χ2v) is 9.21. The summed E-state index contributed by atoms with van der Waals surface area (Å²) in [6, 6.07) is 12.2. The van der Waals surface area contributed by atoms with E-state index in [4.69, 9.17) is 4.74 Å². The van der Waals surface area contributed by atoms with Gasteiger partial charge in [0.2, 0.25) is 15.9 Å². The molecule has 2 aromatic carbocycles.